The van der Waals surface area contributed by atoms with Gasteiger partial charge in [0.2, 0.25) is 0 Å². The van der Waals surface area contributed by atoms with Crippen LogP contribution >= 0.6 is 0 Å². The molecule has 1 aliphatic heterocycles. The second kappa shape index (κ2) is 5.02. The molecule has 2 rings (SSSR count). The third kappa shape index (κ3) is 2.61. The first kappa shape index (κ1) is 13.6. The molecule has 19 heavy (non-hydrogen) atoms. The van der Waals surface area contributed by atoms with Crippen molar-refractivity contribution in [1.82, 2.24) is 15.0 Å². The highest BCUT2D eigenvalue weighted by atomic mass is 16.5. The highest BCUT2D eigenvalue weighted by Crippen LogP contribution is 2.18. The summed E-state index contributed by atoms with van der Waals surface area (Å²) in [4.78, 5) is 16.1. The fourth-order valence-corrected chi connectivity index (χ4v) is 2.21. The lowest BCUT2D eigenvalue weighted by molar-refractivity contribution is 0.0519. The minimum absolute atomic E-state index is 0.0480. The van der Waals surface area contributed by atoms with E-state index >= 15 is 0 Å². The maximum absolute atomic E-state index is 12.2. The molecule has 1 aromatic rings. The summed E-state index contributed by atoms with van der Waals surface area (Å²) in [7, 11) is 0. The summed E-state index contributed by atoms with van der Waals surface area (Å²) in [6.45, 7) is 8.18. The number of hydrogen-bond acceptors (Lipinski definition) is 5. The molecule has 2 heterocycles. The van der Waals surface area contributed by atoms with Crippen molar-refractivity contribution >= 4 is 5.91 Å². The number of hydrogen-bond donors (Lipinski definition) is 0. The molecule has 1 aliphatic rings. The van der Waals surface area contributed by atoms with Gasteiger partial charge in [0.05, 0.1) is 12.3 Å². The van der Waals surface area contributed by atoms with Crippen LogP contribution in [0.2, 0.25) is 0 Å². The van der Waals surface area contributed by atoms with Crippen LogP contribution < -0.4 is 0 Å². The summed E-state index contributed by atoms with van der Waals surface area (Å²) in [6, 6.07) is 2.29. The highest BCUT2D eigenvalue weighted by Gasteiger charge is 2.32. The van der Waals surface area contributed by atoms with Gasteiger partial charge in [-0.25, -0.2) is 0 Å². The molecule has 0 radical (unpaired) electrons. The standard InChI is InChI=1S/C13H18N4O2/c1-10-11(8-15-19-10)12(18)16-4-6-17(7-5-16)13(2,3)9-14/h8H,4-7H2,1-3H3. The lowest BCUT2D eigenvalue weighted by atomic mass is 10.0. The van der Waals surface area contributed by atoms with Gasteiger partial charge in [0.1, 0.15) is 16.9 Å². The van der Waals surface area contributed by atoms with E-state index in [1.165, 1.54) is 6.20 Å². The molecular formula is C13H18N4O2. The number of piperazine rings is 1. The molecule has 1 amide bonds. The lowest BCUT2D eigenvalue weighted by Gasteiger charge is -2.40. The first-order chi connectivity index (χ1) is 8.95. The topological polar surface area (TPSA) is 73.4 Å². The van der Waals surface area contributed by atoms with Crippen LogP contribution in [0.15, 0.2) is 10.7 Å². The number of carbonyl (C=O) groups is 1. The quantitative estimate of drug-likeness (QED) is 0.796. The van der Waals surface area contributed by atoms with Gasteiger partial charge in [-0.05, 0) is 20.8 Å². The van der Waals surface area contributed by atoms with E-state index in [1.54, 1.807) is 11.8 Å². The van der Waals surface area contributed by atoms with E-state index in [-0.39, 0.29) is 5.91 Å². The number of nitriles is 1. The molecule has 0 unspecified atom stereocenters. The van der Waals surface area contributed by atoms with Gasteiger partial charge in [-0.3, -0.25) is 9.69 Å². The van der Waals surface area contributed by atoms with Crippen LogP contribution in [0.5, 0.6) is 0 Å². The molecule has 6 heteroatoms. The van der Waals surface area contributed by atoms with E-state index in [1.807, 2.05) is 13.8 Å². The average molecular weight is 262 g/mol. The van der Waals surface area contributed by atoms with Crippen LogP contribution in [0.25, 0.3) is 0 Å². The molecule has 6 nitrogen and oxygen atoms in total. The monoisotopic (exact) mass is 262 g/mol. The molecular weight excluding hydrogens is 244 g/mol. The second-order valence-corrected chi connectivity index (χ2v) is 5.25. The summed E-state index contributed by atoms with van der Waals surface area (Å²) in [5, 5.41) is 12.7. The maximum atomic E-state index is 12.2. The average Bonchev–Trinajstić information content (AvgIpc) is 2.84. The Kier molecular flexibility index (Phi) is 3.58. The third-order valence-corrected chi connectivity index (χ3v) is 3.61. The molecule has 0 saturated carbocycles. The number of aryl methyl sites for hydroxylation is 1. The normalized spacial score (nSPS) is 17.3. The van der Waals surface area contributed by atoms with Crippen LogP contribution in [-0.4, -0.2) is 52.6 Å². The van der Waals surface area contributed by atoms with Crippen molar-refractivity contribution < 1.29 is 9.32 Å². The van der Waals surface area contributed by atoms with Crippen LogP contribution in [-0.2, 0) is 0 Å². The van der Waals surface area contributed by atoms with E-state index in [2.05, 4.69) is 16.1 Å². The zero-order chi connectivity index (χ0) is 14.0. The van der Waals surface area contributed by atoms with Crippen LogP contribution in [0.1, 0.15) is 30.0 Å². The van der Waals surface area contributed by atoms with Gasteiger partial charge in [0.15, 0.2) is 0 Å². The molecule has 0 N–H and O–H groups in total. The maximum Gasteiger partial charge on any atom is 0.259 e. The number of nitrogens with zero attached hydrogens (tertiary/aromatic N) is 4. The zero-order valence-electron chi connectivity index (χ0n) is 11.5. The number of carbonyl (C=O) groups excluding carboxylic acids is 1. The Balaban J connectivity index is 2.00. The van der Waals surface area contributed by atoms with Gasteiger partial charge in [-0.1, -0.05) is 5.16 Å². The molecule has 0 spiro atoms. The summed E-state index contributed by atoms with van der Waals surface area (Å²) >= 11 is 0. The predicted octanol–water partition coefficient (Wildman–Crippen LogP) is 1.04. The van der Waals surface area contributed by atoms with Gasteiger partial charge in [0.25, 0.3) is 5.91 Å². The predicted molar refractivity (Wildman–Crippen MR) is 68.4 cm³/mol. The van der Waals surface area contributed by atoms with E-state index in [9.17, 15) is 4.79 Å². The van der Waals surface area contributed by atoms with E-state index in [0.29, 0.717) is 37.5 Å². The molecule has 0 atom stereocenters. The van der Waals surface area contributed by atoms with E-state index in [0.717, 1.165) is 0 Å². The molecule has 0 aromatic carbocycles. The van der Waals surface area contributed by atoms with Crippen LogP contribution in [0.4, 0.5) is 0 Å². The van der Waals surface area contributed by atoms with E-state index < -0.39 is 5.54 Å². The Morgan fingerprint density at radius 3 is 2.53 bits per heavy atom. The fraction of sp³-hybridized carbons (Fsp3) is 0.615. The molecule has 1 fully saturated rings. The van der Waals surface area contributed by atoms with Crippen molar-refractivity contribution in [2.75, 3.05) is 26.2 Å². The van der Waals surface area contributed by atoms with Crippen molar-refractivity contribution in [3.05, 3.63) is 17.5 Å². The Labute approximate surface area is 112 Å². The van der Waals surface area contributed by atoms with Crippen molar-refractivity contribution in [2.45, 2.75) is 26.3 Å². The smallest absolute Gasteiger partial charge is 0.259 e. The third-order valence-electron chi connectivity index (χ3n) is 3.61. The molecule has 1 aromatic heterocycles. The van der Waals surface area contributed by atoms with Gasteiger partial charge in [-0.15, -0.1) is 0 Å². The Morgan fingerprint density at radius 2 is 2.05 bits per heavy atom. The summed E-state index contributed by atoms with van der Waals surface area (Å²) in [6.07, 6.45) is 1.46. The Hall–Kier alpha value is -1.87. The van der Waals surface area contributed by atoms with Crippen LogP contribution in [0.3, 0.4) is 0 Å². The Bertz CT molecular complexity index is 507. The minimum atomic E-state index is -0.484. The summed E-state index contributed by atoms with van der Waals surface area (Å²) < 4.78 is 4.92. The van der Waals surface area contributed by atoms with Crippen molar-refractivity contribution in [3.8, 4) is 6.07 Å². The second-order valence-electron chi connectivity index (χ2n) is 5.25. The minimum Gasteiger partial charge on any atom is -0.361 e. The number of amides is 1. The first-order valence-corrected chi connectivity index (χ1v) is 6.32. The van der Waals surface area contributed by atoms with Gasteiger partial charge in [-0.2, -0.15) is 5.26 Å². The highest BCUT2D eigenvalue weighted by molar-refractivity contribution is 5.94. The molecule has 0 bridgehead atoms. The first-order valence-electron chi connectivity index (χ1n) is 6.32. The SMILES string of the molecule is Cc1oncc1C(=O)N1CCN(C(C)(C)C#N)CC1. The summed E-state index contributed by atoms with van der Waals surface area (Å²) in [5.74, 6) is 0.498. The number of rotatable bonds is 2. The number of aromatic nitrogens is 1. The lowest BCUT2D eigenvalue weighted by Crippen LogP contribution is -2.55. The largest absolute Gasteiger partial charge is 0.361 e. The van der Waals surface area contributed by atoms with Crippen molar-refractivity contribution in [1.29, 1.82) is 5.26 Å². The van der Waals surface area contributed by atoms with Gasteiger partial charge in [0, 0.05) is 26.2 Å². The Morgan fingerprint density at radius 1 is 1.42 bits per heavy atom. The molecule has 1 saturated heterocycles. The van der Waals surface area contributed by atoms with Crippen LogP contribution in [0, 0.1) is 18.3 Å². The van der Waals surface area contributed by atoms with Gasteiger partial charge >= 0.3 is 0 Å². The fourth-order valence-electron chi connectivity index (χ4n) is 2.21. The summed E-state index contributed by atoms with van der Waals surface area (Å²) in [5.41, 5.74) is 0.0374. The van der Waals surface area contributed by atoms with Crippen molar-refractivity contribution in [2.24, 2.45) is 0 Å². The zero-order valence-corrected chi connectivity index (χ0v) is 11.5. The molecule has 0 aliphatic carbocycles. The van der Waals surface area contributed by atoms with Crippen molar-refractivity contribution in [3.63, 3.8) is 0 Å². The van der Waals surface area contributed by atoms with E-state index in [4.69, 9.17) is 9.78 Å². The van der Waals surface area contributed by atoms with Gasteiger partial charge < -0.3 is 9.42 Å². The molecule has 102 valence electrons.